The third kappa shape index (κ3) is 6.63. The summed E-state index contributed by atoms with van der Waals surface area (Å²) < 4.78 is 0. The zero-order valence-corrected chi connectivity index (χ0v) is 13.1. The van der Waals surface area contributed by atoms with E-state index in [9.17, 15) is 9.90 Å². The van der Waals surface area contributed by atoms with Gasteiger partial charge in [-0.25, -0.2) is 4.79 Å². The van der Waals surface area contributed by atoms with E-state index in [0.717, 1.165) is 18.4 Å². The van der Waals surface area contributed by atoms with Crippen molar-refractivity contribution in [3.05, 3.63) is 35.9 Å². The van der Waals surface area contributed by atoms with Gasteiger partial charge in [-0.1, -0.05) is 63.4 Å². The van der Waals surface area contributed by atoms with E-state index < -0.39 is 0 Å². The van der Waals surface area contributed by atoms with Gasteiger partial charge >= 0.3 is 6.03 Å². The molecule has 4 nitrogen and oxygen atoms in total. The minimum absolute atomic E-state index is 0.107. The molecule has 4 heteroatoms. The first-order valence-electron chi connectivity index (χ1n) is 7.91. The van der Waals surface area contributed by atoms with Gasteiger partial charge in [-0.3, -0.25) is 0 Å². The van der Waals surface area contributed by atoms with Crippen LogP contribution >= 0.6 is 0 Å². The summed E-state index contributed by atoms with van der Waals surface area (Å²) in [6, 6.07) is 8.94. The van der Waals surface area contributed by atoms with E-state index in [0.29, 0.717) is 12.5 Å². The fourth-order valence-corrected chi connectivity index (χ4v) is 2.31. The molecule has 0 aliphatic heterocycles. The lowest BCUT2D eigenvalue weighted by atomic mass is 9.99. The third-order valence-corrected chi connectivity index (χ3v) is 3.78. The predicted octanol–water partition coefficient (Wildman–Crippen LogP) is 3.24. The van der Waals surface area contributed by atoms with Crippen LogP contribution in [0.4, 0.5) is 4.79 Å². The SMILES string of the molecule is CCCCC(CC)CNC(=O)NC(CO)c1ccccc1. The molecule has 0 heterocycles. The molecule has 0 saturated carbocycles. The van der Waals surface area contributed by atoms with Crippen LogP contribution in [-0.2, 0) is 0 Å². The van der Waals surface area contributed by atoms with E-state index >= 15 is 0 Å². The molecular formula is C17H28N2O2. The van der Waals surface area contributed by atoms with Gasteiger partial charge in [0.05, 0.1) is 12.6 Å². The zero-order chi connectivity index (χ0) is 15.5. The van der Waals surface area contributed by atoms with Gasteiger partial charge in [-0.15, -0.1) is 0 Å². The first-order valence-corrected chi connectivity index (χ1v) is 7.91. The molecule has 0 saturated heterocycles. The number of nitrogens with one attached hydrogen (secondary N) is 2. The van der Waals surface area contributed by atoms with Crippen LogP contribution in [-0.4, -0.2) is 24.3 Å². The molecule has 0 radical (unpaired) electrons. The topological polar surface area (TPSA) is 61.4 Å². The summed E-state index contributed by atoms with van der Waals surface area (Å²) in [5.41, 5.74) is 0.910. The van der Waals surface area contributed by atoms with Crippen LogP contribution in [0, 0.1) is 5.92 Å². The number of rotatable bonds is 9. The van der Waals surface area contributed by atoms with E-state index in [-0.39, 0.29) is 18.7 Å². The maximum atomic E-state index is 11.9. The monoisotopic (exact) mass is 292 g/mol. The van der Waals surface area contributed by atoms with Crippen LogP contribution in [0.5, 0.6) is 0 Å². The molecule has 0 aromatic heterocycles. The first-order chi connectivity index (χ1) is 10.2. The molecule has 0 bridgehead atoms. The molecule has 2 amide bonds. The Bertz CT molecular complexity index is 395. The van der Waals surface area contributed by atoms with Crippen LogP contribution in [0.1, 0.15) is 51.1 Å². The van der Waals surface area contributed by atoms with Gasteiger partial charge in [0.1, 0.15) is 0 Å². The second-order valence-corrected chi connectivity index (χ2v) is 5.42. The molecule has 3 N–H and O–H groups in total. The lowest BCUT2D eigenvalue weighted by Gasteiger charge is -2.19. The molecule has 1 aromatic rings. The molecule has 0 spiro atoms. The summed E-state index contributed by atoms with van der Waals surface area (Å²) in [6.45, 7) is 4.92. The van der Waals surface area contributed by atoms with Gasteiger partial charge in [0, 0.05) is 6.54 Å². The number of unbranched alkanes of at least 4 members (excludes halogenated alkanes) is 1. The number of carbonyl (C=O) groups excluding carboxylic acids is 1. The summed E-state index contributed by atoms with van der Waals surface area (Å²) in [5.74, 6) is 0.528. The Morgan fingerprint density at radius 2 is 1.95 bits per heavy atom. The average molecular weight is 292 g/mol. The van der Waals surface area contributed by atoms with E-state index in [1.54, 1.807) is 0 Å². The Morgan fingerprint density at radius 3 is 2.52 bits per heavy atom. The van der Waals surface area contributed by atoms with Gasteiger partial charge in [0.15, 0.2) is 0 Å². The molecule has 21 heavy (non-hydrogen) atoms. The van der Waals surface area contributed by atoms with Crippen LogP contribution in [0.2, 0.25) is 0 Å². The standard InChI is InChI=1S/C17H28N2O2/c1-3-5-9-14(4-2)12-18-17(21)19-16(13-20)15-10-7-6-8-11-15/h6-8,10-11,14,16,20H,3-5,9,12-13H2,1-2H3,(H2,18,19,21). The van der Waals surface area contributed by atoms with Crippen molar-refractivity contribution in [1.29, 1.82) is 0 Å². The minimum Gasteiger partial charge on any atom is -0.394 e. The minimum atomic E-state index is -0.359. The molecule has 2 unspecified atom stereocenters. The Morgan fingerprint density at radius 1 is 1.24 bits per heavy atom. The van der Waals surface area contributed by atoms with Crippen molar-refractivity contribution in [3.63, 3.8) is 0 Å². The summed E-state index contributed by atoms with van der Waals surface area (Å²) in [6.07, 6.45) is 4.60. The van der Waals surface area contributed by atoms with Crippen molar-refractivity contribution in [2.75, 3.05) is 13.2 Å². The molecule has 1 aromatic carbocycles. The van der Waals surface area contributed by atoms with Gasteiger partial charge in [-0.05, 0) is 17.9 Å². The maximum absolute atomic E-state index is 11.9. The van der Waals surface area contributed by atoms with Crippen molar-refractivity contribution < 1.29 is 9.90 Å². The van der Waals surface area contributed by atoms with E-state index in [1.165, 1.54) is 12.8 Å². The highest BCUT2D eigenvalue weighted by molar-refractivity contribution is 5.74. The molecule has 0 aliphatic rings. The number of hydrogen-bond donors (Lipinski definition) is 3. The Hall–Kier alpha value is -1.55. The quantitative estimate of drug-likeness (QED) is 0.654. The van der Waals surface area contributed by atoms with E-state index in [2.05, 4.69) is 24.5 Å². The van der Waals surface area contributed by atoms with Crippen LogP contribution in [0.25, 0.3) is 0 Å². The summed E-state index contributed by atoms with van der Waals surface area (Å²) in [4.78, 5) is 11.9. The van der Waals surface area contributed by atoms with Crippen molar-refractivity contribution in [3.8, 4) is 0 Å². The number of amides is 2. The summed E-state index contributed by atoms with van der Waals surface area (Å²) in [5, 5.41) is 15.2. The molecule has 2 atom stereocenters. The van der Waals surface area contributed by atoms with Gasteiger partial charge in [0.25, 0.3) is 0 Å². The molecule has 118 valence electrons. The van der Waals surface area contributed by atoms with Crippen LogP contribution in [0.15, 0.2) is 30.3 Å². The number of carbonyl (C=O) groups is 1. The number of aliphatic hydroxyl groups excluding tert-OH is 1. The van der Waals surface area contributed by atoms with Crippen LogP contribution in [0.3, 0.4) is 0 Å². The third-order valence-electron chi connectivity index (χ3n) is 3.78. The maximum Gasteiger partial charge on any atom is 0.315 e. The molecule has 0 fully saturated rings. The lowest BCUT2D eigenvalue weighted by Crippen LogP contribution is -2.41. The van der Waals surface area contributed by atoms with Crippen LogP contribution < -0.4 is 10.6 Å². The number of benzene rings is 1. The normalized spacial score (nSPS) is 13.5. The largest absolute Gasteiger partial charge is 0.394 e. The molecule has 0 aliphatic carbocycles. The highest BCUT2D eigenvalue weighted by Gasteiger charge is 2.14. The fourth-order valence-electron chi connectivity index (χ4n) is 2.31. The van der Waals surface area contributed by atoms with E-state index in [1.807, 2.05) is 30.3 Å². The fraction of sp³-hybridized carbons (Fsp3) is 0.588. The number of hydrogen-bond acceptors (Lipinski definition) is 2. The number of aliphatic hydroxyl groups is 1. The Kier molecular flexibility index (Phi) is 8.51. The van der Waals surface area contributed by atoms with Gasteiger partial charge in [0.2, 0.25) is 0 Å². The second kappa shape index (κ2) is 10.2. The second-order valence-electron chi connectivity index (χ2n) is 5.42. The number of urea groups is 1. The lowest BCUT2D eigenvalue weighted by molar-refractivity contribution is 0.215. The van der Waals surface area contributed by atoms with Crippen molar-refractivity contribution in [2.24, 2.45) is 5.92 Å². The Balaban J connectivity index is 2.41. The smallest absolute Gasteiger partial charge is 0.315 e. The average Bonchev–Trinajstić information content (AvgIpc) is 2.53. The Labute approximate surface area is 128 Å². The zero-order valence-electron chi connectivity index (χ0n) is 13.1. The predicted molar refractivity (Wildman–Crippen MR) is 86.1 cm³/mol. The van der Waals surface area contributed by atoms with E-state index in [4.69, 9.17) is 0 Å². The first kappa shape index (κ1) is 17.5. The summed E-state index contributed by atoms with van der Waals surface area (Å²) in [7, 11) is 0. The molecular weight excluding hydrogens is 264 g/mol. The van der Waals surface area contributed by atoms with Gasteiger partial charge < -0.3 is 15.7 Å². The summed E-state index contributed by atoms with van der Waals surface area (Å²) >= 11 is 0. The van der Waals surface area contributed by atoms with Crippen molar-refractivity contribution in [2.45, 2.75) is 45.6 Å². The van der Waals surface area contributed by atoms with Crippen molar-refractivity contribution >= 4 is 6.03 Å². The highest BCUT2D eigenvalue weighted by Crippen LogP contribution is 2.12. The molecule has 1 rings (SSSR count). The highest BCUT2D eigenvalue weighted by atomic mass is 16.3. The van der Waals surface area contributed by atoms with Crippen molar-refractivity contribution in [1.82, 2.24) is 10.6 Å². The van der Waals surface area contributed by atoms with Gasteiger partial charge in [-0.2, -0.15) is 0 Å².